The van der Waals surface area contributed by atoms with Crippen LogP contribution in [-0.4, -0.2) is 108 Å². The number of unbranched alkanes of at least 4 members (excludes halogenated alkanes) is 5. The maximum atomic E-state index is 15.5. The van der Waals surface area contributed by atoms with Gasteiger partial charge in [-0.2, -0.15) is 0 Å². The normalized spacial score (nSPS) is 30.4. The highest BCUT2D eigenvalue weighted by atomic mass is 32.5. The van der Waals surface area contributed by atoms with Gasteiger partial charge in [0.05, 0.1) is 19.0 Å². The molecular weight excluding hydrogens is 767 g/mol. The monoisotopic (exact) mass is 815 g/mol. The zero-order valence-corrected chi connectivity index (χ0v) is 32.3. The summed E-state index contributed by atoms with van der Waals surface area (Å²) in [7, 11) is -5.44. The molecule has 19 nitrogen and oxygen atoms in total. The Balaban J connectivity index is 1.35. The van der Waals surface area contributed by atoms with Crippen molar-refractivity contribution in [2.75, 3.05) is 18.9 Å². The Morgan fingerprint density at radius 3 is 2.47 bits per heavy atom. The number of nitrogens with zero attached hydrogens (tertiary/aromatic N) is 4. The Labute approximate surface area is 310 Å². The van der Waals surface area contributed by atoms with Crippen molar-refractivity contribution in [3.8, 4) is 0 Å². The first-order valence-corrected chi connectivity index (χ1v) is 21.3. The zero-order valence-electron chi connectivity index (χ0n) is 29.7. The fourth-order valence-corrected chi connectivity index (χ4v) is 9.16. The van der Waals surface area contributed by atoms with Crippen LogP contribution in [-0.2, 0) is 58.3 Å². The van der Waals surface area contributed by atoms with E-state index in [2.05, 4.69) is 21.9 Å². The molecule has 2 saturated heterocycles. The van der Waals surface area contributed by atoms with Gasteiger partial charge in [-0.05, 0) is 24.1 Å². The van der Waals surface area contributed by atoms with Crippen molar-refractivity contribution in [3.05, 3.63) is 12.7 Å². The molecule has 6 N–H and O–H groups in total. The van der Waals surface area contributed by atoms with Crippen molar-refractivity contribution in [1.82, 2.24) is 19.5 Å². The molecule has 2 aliphatic heterocycles. The van der Waals surface area contributed by atoms with Crippen LogP contribution in [0.4, 0.5) is 10.2 Å². The van der Waals surface area contributed by atoms with Gasteiger partial charge < -0.3 is 49.2 Å². The van der Waals surface area contributed by atoms with Crippen LogP contribution in [0.5, 0.6) is 0 Å². The molecule has 0 spiro atoms. The highest BCUT2D eigenvalue weighted by Gasteiger charge is 2.51. The molecule has 0 saturated carbocycles. The fourth-order valence-electron chi connectivity index (χ4n) is 6.07. The van der Waals surface area contributed by atoms with Crippen LogP contribution in [0.3, 0.4) is 0 Å². The molecule has 2 aromatic rings. The number of alkyl halides is 1. The third-order valence-corrected chi connectivity index (χ3v) is 12.6. The van der Waals surface area contributed by atoms with Gasteiger partial charge in [0.25, 0.3) is 0 Å². The highest BCUT2D eigenvalue weighted by Crippen LogP contribution is 2.62. The van der Waals surface area contributed by atoms with Crippen molar-refractivity contribution in [3.63, 3.8) is 0 Å². The number of phosphoric acid groups is 1. The van der Waals surface area contributed by atoms with Gasteiger partial charge in [0, 0.05) is 19.3 Å². The van der Waals surface area contributed by atoms with E-state index in [-0.39, 0.29) is 23.4 Å². The second-order valence-electron chi connectivity index (χ2n) is 13.0. The number of aliphatic hydroxyl groups excluding tert-OH is 2. The number of anilines is 1. The summed E-state index contributed by atoms with van der Waals surface area (Å²) in [6.45, 7) is 0.277. The fraction of sp³-hybridized carbons (Fsp3) is 0.767. The molecular formula is C30H48FN5O14P2S. The number of aromatic nitrogens is 4. The van der Waals surface area contributed by atoms with Crippen molar-refractivity contribution < 1.29 is 70.8 Å². The summed E-state index contributed by atoms with van der Waals surface area (Å²) in [6, 6.07) is 0. The topological polar surface area (TPSA) is 266 Å². The maximum Gasteiger partial charge on any atom is 0.481 e. The molecule has 0 bridgehead atoms. The van der Waals surface area contributed by atoms with Crippen LogP contribution in [0.1, 0.15) is 78.9 Å². The molecule has 2 aliphatic rings. The molecule has 0 aliphatic carbocycles. The lowest BCUT2D eigenvalue weighted by molar-refractivity contribution is -0.262. The van der Waals surface area contributed by atoms with E-state index in [0.717, 1.165) is 39.0 Å². The highest BCUT2D eigenvalue weighted by molar-refractivity contribution is 8.08. The van der Waals surface area contributed by atoms with E-state index in [9.17, 15) is 34.2 Å². The molecule has 12 atom stereocenters. The Kier molecular flexibility index (Phi) is 15.6. The molecule has 2 fully saturated rings. The SMILES string of the molecule is CCCCCCCCC(=O)OC[C@H](F)C1O[C@@H](OP(=O)(O)OP(O)(=S)OC[C@H]2O[C@@H](n3cnc4c(N)ncnc43)C(O)[C@H]2O)C(OC(C)=O)[C@@H](C)[C@@H]1C. The number of hydrogen-bond donors (Lipinski definition) is 5. The summed E-state index contributed by atoms with van der Waals surface area (Å²) in [5.41, 5.74) is 6.21. The van der Waals surface area contributed by atoms with Gasteiger partial charge in [-0.15, -0.1) is 0 Å². The largest absolute Gasteiger partial charge is 0.481 e. The van der Waals surface area contributed by atoms with Crippen molar-refractivity contribution >= 4 is 55.3 Å². The Hall–Kier alpha value is -2.26. The van der Waals surface area contributed by atoms with Crippen LogP contribution in [0, 0.1) is 11.8 Å². The molecule has 2 aromatic heterocycles. The predicted octanol–water partition coefficient (Wildman–Crippen LogP) is 2.96. The maximum absolute atomic E-state index is 15.5. The second kappa shape index (κ2) is 19.1. The van der Waals surface area contributed by atoms with Gasteiger partial charge in [-0.25, -0.2) is 28.2 Å². The van der Waals surface area contributed by atoms with Gasteiger partial charge in [0.15, 0.2) is 30.0 Å². The smallest absolute Gasteiger partial charge is 0.462 e. The molecule has 5 unspecified atom stereocenters. The molecule has 0 amide bonds. The van der Waals surface area contributed by atoms with Gasteiger partial charge in [0.1, 0.15) is 36.8 Å². The number of nitrogens with two attached hydrogens (primary N) is 1. The lowest BCUT2D eigenvalue weighted by Gasteiger charge is -2.44. The average Bonchev–Trinajstić information content (AvgIpc) is 3.64. The Morgan fingerprint density at radius 1 is 1.08 bits per heavy atom. The number of carbonyl (C=O) groups excluding carboxylic acids is 2. The van der Waals surface area contributed by atoms with E-state index in [0.29, 0.717) is 6.42 Å². The van der Waals surface area contributed by atoms with E-state index in [4.69, 9.17) is 49.8 Å². The average molecular weight is 816 g/mol. The molecule has 0 aromatic carbocycles. The minimum Gasteiger partial charge on any atom is -0.462 e. The molecule has 0 radical (unpaired) electrons. The first-order valence-electron chi connectivity index (χ1n) is 17.2. The molecule has 23 heteroatoms. The van der Waals surface area contributed by atoms with Crippen molar-refractivity contribution in [2.24, 2.45) is 11.8 Å². The number of rotatable bonds is 19. The summed E-state index contributed by atoms with van der Waals surface area (Å²) in [4.78, 5) is 57.5. The summed E-state index contributed by atoms with van der Waals surface area (Å²) in [5, 5.41) is 21.3. The number of carbonyl (C=O) groups is 2. The number of phosphoric ester groups is 1. The van der Waals surface area contributed by atoms with E-state index in [1.54, 1.807) is 13.8 Å². The third-order valence-electron chi connectivity index (χ3n) is 9.07. The second-order valence-corrected chi connectivity index (χ2v) is 17.4. The molecule has 300 valence electrons. The number of aliphatic hydroxyl groups is 2. The number of halogens is 1. The van der Waals surface area contributed by atoms with Crippen molar-refractivity contribution in [2.45, 2.75) is 122 Å². The molecule has 4 heterocycles. The van der Waals surface area contributed by atoms with E-state index in [1.807, 2.05) is 0 Å². The number of fused-ring (bicyclic) bond motifs is 1. The Morgan fingerprint density at radius 2 is 1.77 bits per heavy atom. The lowest BCUT2D eigenvalue weighted by atomic mass is 9.82. The summed E-state index contributed by atoms with van der Waals surface area (Å²) >= 11 is 4.90. The van der Waals surface area contributed by atoms with Crippen molar-refractivity contribution in [1.29, 1.82) is 0 Å². The quantitative estimate of drug-likeness (QED) is 0.0775. The van der Waals surface area contributed by atoms with Gasteiger partial charge in [0.2, 0.25) is 6.29 Å². The van der Waals surface area contributed by atoms with Crippen LogP contribution < -0.4 is 5.73 Å². The minimum absolute atomic E-state index is 0.0665. The first-order chi connectivity index (χ1) is 24.9. The Bertz CT molecular complexity index is 1640. The van der Waals surface area contributed by atoms with Crippen LogP contribution in [0.25, 0.3) is 11.2 Å². The molecule has 53 heavy (non-hydrogen) atoms. The van der Waals surface area contributed by atoms with E-state index >= 15 is 4.39 Å². The predicted molar refractivity (Wildman–Crippen MR) is 187 cm³/mol. The van der Waals surface area contributed by atoms with E-state index < -0.39 is 101 Å². The number of nitrogen functional groups attached to an aromatic ring is 1. The first kappa shape index (κ1) is 43.5. The van der Waals surface area contributed by atoms with Crippen LogP contribution >= 0.6 is 14.5 Å². The number of esters is 2. The van der Waals surface area contributed by atoms with Crippen LogP contribution in [0.15, 0.2) is 12.7 Å². The van der Waals surface area contributed by atoms with E-state index in [1.165, 1.54) is 17.2 Å². The standard InChI is InChI=1S/C30H48FN5O14P2S/c1-5-6-7-8-9-10-11-21(38)44-12-19(31)25-16(2)17(3)26(46-18(4)37)30(48-25)49-51(41,42)50-52(43,53)45-13-20-23(39)24(40)29(47-20)36-15-35-22-27(32)33-14-34-28(22)36/h14-17,19-20,23-26,29-30,39-40H,5-13H2,1-4H3,(H,41,42)(H,43,53)(H2,32,33,34)/t16-,17-,19-,20+,23-,24?,25?,26?,29+,30-,52?/m0/s1. The van der Waals surface area contributed by atoms with Gasteiger partial charge >= 0.3 is 26.5 Å². The lowest BCUT2D eigenvalue weighted by Crippen LogP contribution is -2.55. The summed E-state index contributed by atoms with van der Waals surface area (Å²) in [5.74, 6) is -2.70. The zero-order chi connectivity index (χ0) is 39.1. The third kappa shape index (κ3) is 11.6. The van der Waals surface area contributed by atoms with Gasteiger partial charge in [-0.3, -0.25) is 18.7 Å². The summed E-state index contributed by atoms with van der Waals surface area (Å²) < 4.78 is 66.9. The molecule has 4 rings (SSSR count). The van der Waals surface area contributed by atoms with Crippen LogP contribution in [0.2, 0.25) is 0 Å². The van der Waals surface area contributed by atoms with Gasteiger partial charge in [-0.1, -0.05) is 52.9 Å². The number of hydrogen-bond acceptors (Lipinski definition) is 17. The number of ether oxygens (including phenoxy) is 4. The number of imidazole rings is 1. The summed E-state index contributed by atoms with van der Waals surface area (Å²) in [6.07, 6.45) is -3.99. The minimum atomic E-state index is -5.44.